The van der Waals surface area contributed by atoms with Crippen LogP contribution in [0.2, 0.25) is 5.02 Å². The minimum absolute atomic E-state index is 0.00841. The largest absolute Gasteiger partial charge is 0.387 e. The Bertz CT molecular complexity index is 697. The van der Waals surface area contributed by atoms with Crippen LogP contribution in [0.3, 0.4) is 0 Å². The van der Waals surface area contributed by atoms with Crippen LogP contribution in [-0.2, 0) is 0 Å². The molecule has 0 aliphatic carbocycles. The van der Waals surface area contributed by atoms with Gasteiger partial charge in [0.05, 0.1) is 11.7 Å². The third-order valence-electron chi connectivity index (χ3n) is 4.59. The summed E-state index contributed by atoms with van der Waals surface area (Å²) in [5.41, 5.74) is 1.38. The lowest BCUT2D eigenvalue weighted by atomic mass is 9.90. The molecule has 6 heteroatoms. The second-order valence-electron chi connectivity index (χ2n) is 6.03. The third kappa shape index (κ3) is 3.58. The summed E-state index contributed by atoms with van der Waals surface area (Å²) in [6.45, 7) is 1.31. The Morgan fingerprint density at radius 1 is 1.38 bits per heavy atom. The second kappa shape index (κ2) is 7.55. The minimum Gasteiger partial charge on any atom is -0.387 e. The van der Waals surface area contributed by atoms with Crippen molar-refractivity contribution in [2.24, 2.45) is 5.92 Å². The van der Waals surface area contributed by atoms with Crippen molar-refractivity contribution in [3.8, 4) is 0 Å². The summed E-state index contributed by atoms with van der Waals surface area (Å²) in [5.74, 6) is 0.196. The van der Waals surface area contributed by atoms with E-state index >= 15 is 0 Å². The molecule has 0 radical (unpaired) electrons. The Hall–Kier alpha value is -1.56. The maximum absolute atomic E-state index is 12.8. The molecular formula is C18H21ClN2O2S. The van der Waals surface area contributed by atoms with E-state index in [0.29, 0.717) is 23.7 Å². The Morgan fingerprint density at radius 3 is 2.75 bits per heavy atom. The first-order valence-corrected chi connectivity index (χ1v) is 9.34. The van der Waals surface area contributed by atoms with Crippen molar-refractivity contribution < 1.29 is 9.90 Å². The number of aliphatic hydroxyl groups excluding tert-OH is 1. The number of aliphatic hydroxyl groups is 1. The van der Waals surface area contributed by atoms with Crippen LogP contribution in [-0.4, -0.2) is 36.1 Å². The van der Waals surface area contributed by atoms with Crippen molar-refractivity contribution in [3.05, 3.63) is 51.2 Å². The molecule has 128 valence electrons. The van der Waals surface area contributed by atoms with Crippen LogP contribution < -0.4 is 5.32 Å². The molecule has 1 unspecified atom stereocenters. The van der Waals surface area contributed by atoms with Gasteiger partial charge in [-0.15, -0.1) is 11.3 Å². The van der Waals surface area contributed by atoms with E-state index in [4.69, 9.17) is 11.6 Å². The van der Waals surface area contributed by atoms with Crippen LogP contribution in [0.15, 0.2) is 35.7 Å². The normalized spacial score (nSPS) is 16.9. The van der Waals surface area contributed by atoms with Crippen molar-refractivity contribution in [1.82, 2.24) is 4.90 Å². The molecule has 1 aromatic carbocycles. The van der Waals surface area contributed by atoms with Crippen LogP contribution in [0.5, 0.6) is 0 Å². The summed E-state index contributed by atoms with van der Waals surface area (Å²) >= 11 is 7.63. The highest BCUT2D eigenvalue weighted by molar-refractivity contribution is 7.10. The molecule has 1 aliphatic heterocycles. The van der Waals surface area contributed by atoms with Gasteiger partial charge in [-0.25, -0.2) is 0 Å². The van der Waals surface area contributed by atoms with Crippen LogP contribution in [0.25, 0.3) is 0 Å². The highest BCUT2D eigenvalue weighted by atomic mass is 35.5. The number of halogens is 1. The summed E-state index contributed by atoms with van der Waals surface area (Å²) in [6, 6.07) is 9.23. The number of amides is 1. The molecule has 0 saturated carbocycles. The van der Waals surface area contributed by atoms with Crippen molar-refractivity contribution in [2.75, 3.05) is 25.5 Å². The average Bonchev–Trinajstić information content (AvgIpc) is 3.15. The molecule has 1 fully saturated rings. The molecule has 0 bridgehead atoms. The van der Waals surface area contributed by atoms with Gasteiger partial charge in [0.2, 0.25) is 0 Å². The molecule has 1 saturated heterocycles. The predicted molar refractivity (Wildman–Crippen MR) is 98.9 cm³/mol. The van der Waals surface area contributed by atoms with Gasteiger partial charge in [0.25, 0.3) is 5.91 Å². The summed E-state index contributed by atoms with van der Waals surface area (Å²) in [5, 5.41) is 16.1. The molecule has 24 heavy (non-hydrogen) atoms. The Balaban J connectivity index is 1.66. The molecule has 1 amide bonds. The number of carbonyl (C=O) groups is 1. The van der Waals surface area contributed by atoms with Gasteiger partial charge in [-0.2, -0.15) is 0 Å². The quantitative estimate of drug-likeness (QED) is 0.861. The number of likely N-dealkylation sites (tertiary alicyclic amines) is 1. The first-order valence-electron chi connectivity index (χ1n) is 8.08. The zero-order chi connectivity index (χ0) is 17.1. The van der Waals surface area contributed by atoms with Crippen molar-refractivity contribution in [2.45, 2.75) is 18.9 Å². The number of rotatable bonds is 4. The molecule has 3 rings (SSSR count). The summed E-state index contributed by atoms with van der Waals surface area (Å²) in [7, 11) is 1.80. The molecule has 2 aromatic rings. The summed E-state index contributed by atoms with van der Waals surface area (Å²) in [4.78, 5) is 15.7. The monoisotopic (exact) mass is 364 g/mol. The van der Waals surface area contributed by atoms with E-state index in [1.54, 1.807) is 30.5 Å². The zero-order valence-corrected chi connectivity index (χ0v) is 15.1. The second-order valence-corrected chi connectivity index (χ2v) is 7.45. The van der Waals surface area contributed by atoms with Crippen molar-refractivity contribution >= 4 is 34.5 Å². The van der Waals surface area contributed by atoms with E-state index in [0.717, 1.165) is 23.4 Å². The fourth-order valence-corrected chi connectivity index (χ4v) is 4.17. The molecule has 0 spiro atoms. The van der Waals surface area contributed by atoms with E-state index in [1.807, 2.05) is 28.5 Å². The van der Waals surface area contributed by atoms with Crippen molar-refractivity contribution in [3.63, 3.8) is 0 Å². The van der Waals surface area contributed by atoms with Gasteiger partial charge in [-0.05, 0) is 48.4 Å². The van der Waals surface area contributed by atoms with E-state index in [9.17, 15) is 9.90 Å². The van der Waals surface area contributed by atoms with Gasteiger partial charge < -0.3 is 15.3 Å². The van der Waals surface area contributed by atoms with Gasteiger partial charge >= 0.3 is 0 Å². The summed E-state index contributed by atoms with van der Waals surface area (Å²) in [6.07, 6.45) is 1.18. The first-order chi connectivity index (χ1) is 11.6. The molecule has 2 heterocycles. The van der Waals surface area contributed by atoms with Crippen LogP contribution in [0.4, 0.5) is 5.69 Å². The Labute approximate surface area is 151 Å². The number of thiophene rings is 1. The Morgan fingerprint density at radius 2 is 2.12 bits per heavy atom. The third-order valence-corrected chi connectivity index (χ3v) is 5.77. The molecule has 4 nitrogen and oxygen atoms in total. The van der Waals surface area contributed by atoms with Crippen LogP contribution >= 0.6 is 22.9 Å². The fraction of sp³-hybridized carbons (Fsp3) is 0.389. The standard InChI is InChI=1S/C18H21ClN2O2S/c1-20-15-5-4-13(19)11-14(15)18(23)21-8-6-12(7-9-21)17(22)16-3-2-10-24-16/h2-5,10-12,17,20,22H,6-9H2,1H3. The predicted octanol–water partition coefficient (Wildman–Crippen LogP) is 4.03. The lowest BCUT2D eigenvalue weighted by Gasteiger charge is -2.34. The molecule has 1 aromatic heterocycles. The number of nitrogens with zero attached hydrogens (tertiary/aromatic N) is 1. The van der Waals surface area contributed by atoms with Crippen LogP contribution in [0, 0.1) is 5.92 Å². The number of benzene rings is 1. The lowest BCUT2D eigenvalue weighted by Crippen LogP contribution is -2.40. The maximum Gasteiger partial charge on any atom is 0.256 e. The van der Waals surface area contributed by atoms with Gasteiger partial charge in [-0.1, -0.05) is 17.7 Å². The van der Waals surface area contributed by atoms with Gasteiger partial charge in [0.1, 0.15) is 0 Å². The number of carbonyl (C=O) groups excluding carboxylic acids is 1. The topological polar surface area (TPSA) is 52.6 Å². The smallest absolute Gasteiger partial charge is 0.256 e. The van der Waals surface area contributed by atoms with Crippen LogP contribution in [0.1, 0.15) is 34.2 Å². The van der Waals surface area contributed by atoms with E-state index in [-0.39, 0.29) is 11.8 Å². The number of nitrogens with one attached hydrogen (secondary N) is 1. The SMILES string of the molecule is CNc1ccc(Cl)cc1C(=O)N1CCC(C(O)c2cccs2)CC1. The average molecular weight is 365 g/mol. The van der Waals surface area contributed by atoms with E-state index < -0.39 is 6.10 Å². The lowest BCUT2D eigenvalue weighted by molar-refractivity contribution is 0.0474. The van der Waals surface area contributed by atoms with E-state index in [2.05, 4.69) is 5.32 Å². The number of hydrogen-bond acceptors (Lipinski definition) is 4. The molecule has 1 atom stereocenters. The molecule has 2 N–H and O–H groups in total. The van der Waals surface area contributed by atoms with Gasteiger partial charge in [0.15, 0.2) is 0 Å². The number of hydrogen-bond donors (Lipinski definition) is 2. The van der Waals surface area contributed by atoms with E-state index in [1.165, 1.54) is 0 Å². The fourth-order valence-electron chi connectivity index (χ4n) is 3.19. The van der Waals surface area contributed by atoms with Gasteiger partial charge in [-0.3, -0.25) is 4.79 Å². The molecule has 1 aliphatic rings. The molecular weight excluding hydrogens is 344 g/mol. The highest BCUT2D eigenvalue weighted by Crippen LogP contribution is 2.33. The first kappa shape index (κ1) is 17.3. The number of piperidine rings is 1. The zero-order valence-electron chi connectivity index (χ0n) is 13.5. The maximum atomic E-state index is 12.8. The van der Waals surface area contributed by atoms with Gasteiger partial charge in [0, 0.05) is 35.7 Å². The number of anilines is 1. The highest BCUT2D eigenvalue weighted by Gasteiger charge is 2.29. The van der Waals surface area contributed by atoms with Crippen molar-refractivity contribution in [1.29, 1.82) is 0 Å². The minimum atomic E-state index is -0.429. The Kier molecular flexibility index (Phi) is 5.43. The summed E-state index contributed by atoms with van der Waals surface area (Å²) < 4.78 is 0.